The minimum atomic E-state index is 1.10. The van der Waals surface area contributed by atoms with Crippen LogP contribution in [0.1, 0.15) is 13.8 Å². The van der Waals surface area contributed by atoms with Crippen molar-refractivity contribution in [2.75, 3.05) is 0 Å². The maximum Gasteiger partial charge on any atom is 0.138 e. The molecule has 0 spiro atoms. The van der Waals surface area contributed by atoms with Gasteiger partial charge in [-0.15, -0.1) is 5.47 Å². The summed E-state index contributed by atoms with van der Waals surface area (Å²) in [6.07, 6.45) is 4.12. The zero-order chi connectivity index (χ0) is 8.15. The molecule has 0 atom stereocenters. The molecule has 0 aliphatic heterocycles. The normalized spacial score (nSPS) is 13.4. The van der Waals surface area contributed by atoms with Crippen LogP contribution in [0.4, 0.5) is 0 Å². The highest BCUT2D eigenvalue weighted by molar-refractivity contribution is 6.32. The molecule has 0 saturated heterocycles. The Morgan fingerprint density at radius 3 is 2.00 bits per heavy atom. The molecule has 10 heavy (non-hydrogen) atoms. The van der Waals surface area contributed by atoms with Crippen LogP contribution in [-0.2, 0) is 0 Å². The van der Waals surface area contributed by atoms with E-state index in [9.17, 15) is 0 Å². The first-order valence-corrected chi connectivity index (χ1v) is 3.51. The van der Waals surface area contributed by atoms with Gasteiger partial charge in [-0.05, 0) is 6.92 Å². The maximum atomic E-state index is 3.78. The zero-order valence-electron chi connectivity index (χ0n) is 7.36. The third kappa shape index (κ3) is 4.25. The van der Waals surface area contributed by atoms with Crippen LogP contribution in [-0.4, -0.2) is 15.7 Å². The lowest BCUT2D eigenvalue weighted by molar-refractivity contribution is 1.54. The Morgan fingerprint density at radius 1 is 1.20 bits per heavy atom. The van der Waals surface area contributed by atoms with Gasteiger partial charge in [-0.25, -0.2) is 0 Å². The van der Waals surface area contributed by atoms with Crippen molar-refractivity contribution in [3.05, 3.63) is 35.2 Å². The summed E-state index contributed by atoms with van der Waals surface area (Å²) in [5.41, 5.74) is 3.78. The van der Waals surface area contributed by atoms with Crippen LogP contribution in [0.2, 0.25) is 0 Å². The second-order valence-electron chi connectivity index (χ2n) is 2.86. The predicted molar refractivity (Wildman–Crippen MR) is 53.7 cm³/mol. The van der Waals surface area contributed by atoms with Crippen molar-refractivity contribution in [2.24, 2.45) is 0 Å². The molecule has 0 aromatic rings. The first kappa shape index (κ1) is 9.35. The number of hydrogen-bond donors (Lipinski definition) is 0. The lowest BCUT2D eigenvalue weighted by Gasteiger charge is -1.94. The Morgan fingerprint density at radius 2 is 1.70 bits per heavy atom. The molecule has 0 N–H and O–H groups in total. The van der Waals surface area contributed by atoms with Crippen LogP contribution in [0.3, 0.4) is 0 Å². The van der Waals surface area contributed by atoms with E-state index in [0.29, 0.717) is 0 Å². The Bertz CT molecular complexity index is 183. The van der Waals surface area contributed by atoms with Crippen LogP contribution in [0.25, 0.3) is 0 Å². The highest BCUT2D eigenvalue weighted by atomic mass is 13.8. The van der Waals surface area contributed by atoms with Crippen molar-refractivity contribution < 1.29 is 0 Å². The van der Waals surface area contributed by atoms with E-state index in [1.54, 1.807) is 0 Å². The Labute approximate surface area is 65.5 Å². The van der Waals surface area contributed by atoms with E-state index < -0.39 is 0 Å². The van der Waals surface area contributed by atoms with Gasteiger partial charge in [0.2, 0.25) is 0 Å². The SMILES string of the molecule is B/C(C)=C(B)/C=C\C(=C)C. The fraction of sp³-hybridized carbons (Fsp3) is 0.250. The number of rotatable bonds is 2. The molecule has 0 aliphatic carbocycles. The number of hydrogen-bond acceptors (Lipinski definition) is 0. The third-order valence-corrected chi connectivity index (χ3v) is 1.41. The van der Waals surface area contributed by atoms with Gasteiger partial charge in [-0.2, -0.15) is 0 Å². The highest BCUT2D eigenvalue weighted by Crippen LogP contribution is 1.99. The first-order valence-electron chi connectivity index (χ1n) is 3.51. The quantitative estimate of drug-likeness (QED) is 0.381. The van der Waals surface area contributed by atoms with Gasteiger partial charge in [0.05, 0.1) is 0 Å². The molecule has 52 valence electrons. The Kier molecular flexibility index (Phi) is 3.94. The van der Waals surface area contributed by atoms with E-state index in [1.807, 2.05) is 13.0 Å². The second kappa shape index (κ2) is 4.21. The lowest BCUT2D eigenvalue weighted by atomic mass is 9.81. The summed E-state index contributed by atoms with van der Waals surface area (Å²) in [6, 6.07) is 0. The zero-order valence-corrected chi connectivity index (χ0v) is 7.36. The van der Waals surface area contributed by atoms with E-state index in [1.165, 1.54) is 10.9 Å². The van der Waals surface area contributed by atoms with Crippen LogP contribution in [0, 0.1) is 0 Å². The highest BCUT2D eigenvalue weighted by Gasteiger charge is 1.83. The molecular formula is C8H14B2. The molecular weight excluding hydrogens is 118 g/mol. The van der Waals surface area contributed by atoms with Crippen LogP contribution in [0.15, 0.2) is 35.2 Å². The summed E-state index contributed by atoms with van der Waals surface area (Å²) in [4.78, 5) is 0. The predicted octanol–water partition coefficient (Wildman–Crippen LogP) is 0.616. The molecule has 0 bridgehead atoms. The van der Waals surface area contributed by atoms with E-state index >= 15 is 0 Å². The lowest BCUT2D eigenvalue weighted by Crippen LogP contribution is -1.82. The van der Waals surface area contributed by atoms with Gasteiger partial charge >= 0.3 is 0 Å². The minimum absolute atomic E-state index is 1.10. The van der Waals surface area contributed by atoms with Crippen molar-refractivity contribution >= 4 is 15.7 Å². The molecule has 2 heteroatoms. The monoisotopic (exact) mass is 132 g/mol. The fourth-order valence-electron chi connectivity index (χ4n) is 0.434. The average Bonchev–Trinajstić information content (AvgIpc) is 1.82. The van der Waals surface area contributed by atoms with Gasteiger partial charge in [0.15, 0.2) is 0 Å². The summed E-state index contributed by atoms with van der Waals surface area (Å²) >= 11 is 0. The molecule has 0 fully saturated rings. The van der Waals surface area contributed by atoms with Gasteiger partial charge in [0.25, 0.3) is 0 Å². The molecule has 0 aromatic carbocycles. The maximum absolute atomic E-state index is 3.78. The molecule has 0 amide bonds. The van der Waals surface area contributed by atoms with Crippen molar-refractivity contribution in [3.8, 4) is 0 Å². The summed E-state index contributed by atoms with van der Waals surface area (Å²) in [7, 11) is 4.22. The molecule has 0 aromatic heterocycles. The summed E-state index contributed by atoms with van der Waals surface area (Å²) in [5, 5.41) is 0. The molecule has 0 unspecified atom stereocenters. The summed E-state index contributed by atoms with van der Waals surface area (Å²) in [6.45, 7) is 7.88. The Balaban J connectivity index is 4.16. The molecule has 0 saturated carbocycles. The van der Waals surface area contributed by atoms with Crippen molar-refractivity contribution in [1.82, 2.24) is 0 Å². The fourth-order valence-corrected chi connectivity index (χ4v) is 0.434. The number of allylic oxidation sites excluding steroid dienone is 5. The standard InChI is InChI=1S/C8H14B2/c1-6(2)4-5-8(10)7(3)9/h4-5H,1,9-10H2,2-3H3/b5-4-,8-7-. The molecule has 0 radical (unpaired) electrons. The minimum Gasteiger partial charge on any atom is -0.119 e. The van der Waals surface area contributed by atoms with Crippen molar-refractivity contribution in [1.29, 1.82) is 0 Å². The second-order valence-corrected chi connectivity index (χ2v) is 2.86. The van der Waals surface area contributed by atoms with Crippen molar-refractivity contribution in [2.45, 2.75) is 13.8 Å². The summed E-state index contributed by atoms with van der Waals surface area (Å²) in [5.74, 6) is 0. The molecule has 0 rings (SSSR count). The van der Waals surface area contributed by atoms with E-state index in [4.69, 9.17) is 0 Å². The van der Waals surface area contributed by atoms with Gasteiger partial charge in [0, 0.05) is 0 Å². The van der Waals surface area contributed by atoms with E-state index in [-0.39, 0.29) is 0 Å². The molecule has 0 nitrogen and oxygen atoms in total. The largest absolute Gasteiger partial charge is 0.138 e. The average molecular weight is 132 g/mol. The third-order valence-electron chi connectivity index (χ3n) is 1.41. The Hall–Kier alpha value is -0.650. The molecule has 0 aliphatic rings. The topological polar surface area (TPSA) is 0 Å². The smallest absolute Gasteiger partial charge is 0.119 e. The first-order chi connectivity index (χ1) is 4.54. The van der Waals surface area contributed by atoms with Gasteiger partial charge in [-0.1, -0.05) is 36.7 Å². The van der Waals surface area contributed by atoms with Crippen LogP contribution in [0.5, 0.6) is 0 Å². The summed E-state index contributed by atoms with van der Waals surface area (Å²) < 4.78 is 0. The van der Waals surface area contributed by atoms with Gasteiger partial charge < -0.3 is 0 Å². The van der Waals surface area contributed by atoms with Crippen LogP contribution >= 0.6 is 0 Å². The van der Waals surface area contributed by atoms with Crippen molar-refractivity contribution in [3.63, 3.8) is 0 Å². The van der Waals surface area contributed by atoms with E-state index in [0.717, 1.165) is 5.57 Å². The van der Waals surface area contributed by atoms with E-state index in [2.05, 4.69) is 35.3 Å². The molecule has 0 heterocycles. The van der Waals surface area contributed by atoms with Gasteiger partial charge in [0.1, 0.15) is 15.7 Å². The van der Waals surface area contributed by atoms with Gasteiger partial charge in [-0.3, -0.25) is 0 Å². The van der Waals surface area contributed by atoms with Crippen LogP contribution < -0.4 is 0 Å².